The number of nitrogens with zero attached hydrogens (tertiary/aromatic N) is 2. The molecule has 1 aliphatic rings. The molecule has 0 atom stereocenters. The first kappa shape index (κ1) is 11.9. The Hall–Kier alpha value is -1.20. The van der Waals surface area contributed by atoms with Gasteiger partial charge in [0.2, 0.25) is 5.88 Å². The summed E-state index contributed by atoms with van der Waals surface area (Å²) in [6, 6.07) is 2.45. The smallest absolute Gasteiger partial charge is 0.225 e. The third-order valence-electron chi connectivity index (χ3n) is 3.41. The van der Waals surface area contributed by atoms with E-state index < -0.39 is 0 Å². The van der Waals surface area contributed by atoms with Crippen molar-refractivity contribution in [2.24, 2.45) is 5.73 Å². The Morgan fingerprint density at radius 1 is 1.28 bits per heavy atom. The number of nitrogens with two attached hydrogens (primary N) is 1. The summed E-state index contributed by atoms with van der Waals surface area (Å²) in [5, 5.41) is 1.04. The molecule has 1 aliphatic carbocycles. The fraction of sp³-hybridized carbons (Fsp3) is 0.538. The molecule has 4 nitrogen and oxygen atoms in total. The number of rotatable bonds is 2. The third kappa shape index (κ3) is 2.33. The topological polar surface area (TPSA) is 61.0 Å². The van der Waals surface area contributed by atoms with Crippen LogP contribution in [0.3, 0.4) is 0 Å². The van der Waals surface area contributed by atoms with Gasteiger partial charge in [0.25, 0.3) is 0 Å². The predicted molar refractivity (Wildman–Crippen MR) is 73.0 cm³/mol. The zero-order chi connectivity index (χ0) is 12.5. The summed E-state index contributed by atoms with van der Waals surface area (Å²) in [6.07, 6.45) is 5.97. The highest BCUT2D eigenvalue weighted by atomic mass is 32.1. The second-order valence-corrected chi connectivity index (χ2v) is 6.14. The van der Waals surface area contributed by atoms with Crippen molar-refractivity contribution in [3.63, 3.8) is 0 Å². The second kappa shape index (κ2) is 4.82. The first-order valence-corrected chi connectivity index (χ1v) is 7.17. The SMILES string of the molecule is Cc1cc2c(OC3CCC(N)CC3)ncnc2s1. The predicted octanol–water partition coefficient (Wildman–Crippen LogP) is 2.65. The van der Waals surface area contributed by atoms with Crippen LogP contribution < -0.4 is 10.5 Å². The van der Waals surface area contributed by atoms with Crippen molar-refractivity contribution in [2.75, 3.05) is 0 Å². The van der Waals surface area contributed by atoms with E-state index in [1.54, 1.807) is 17.7 Å². The molecule has 96 valence electrons. The number of hydrogen-bond donors (Lipinski definition) is 1. The van der Waals surface area contributed by atoms with E-state index in [2.05, 4.69) is 23.0 Å². The average Bonchev–Trinajstić information content (AvgIpc) is 2.73. The van der Waals surface area contributed by atoms with Crippen LogP contribution in [0.25, 0.3) is 10.2 Å². The summed E-state index contributed by atoms with van der Waals surface area (Å²) in [5.74, 6) is 0.727. The highest BCUT2D eigenvalue weighted by Crippen LogP contribution is 2.31. The van der Waals surface area contributed by atoms with Crippen molar-refractivity contribution in [2.45, 2.75) is 44.8 Å². The lowest BCUT2D eigenvalue weighted by atomic mass is 9.94. The summed E-state index contributed by atoms with van der Waals surface area (Å²) >= 11 is 1.68. The number of thiophene rings is 1. The van der Waals surface area contributed by atoms with Crippen LogP contribution in [0.15, 0.2) is 12.4 Å². The fourth-order valence-electron chi connectivity index (χ4n) is 2.41. The molecule has 3 rings (SSSR count). The maximum Gasteiger partial charge on any atom is 0.225 e. The summed E-state index contributed by atoms with van der Waals surface area (Å²) in [7, 11) is 0. The van der Waals surface area contributed by atoms with E-state index in [4.69, 9.17) is 10.5 Å². The van der Waals surface area contributed by atoms with Crippen molar-refractivity contribution in [1.82, 2.24) is 9.97 Å². The van der Waals surface area contributed by atoms with E-state index in [9.17, 15) is 0 Å². The Morgan fingerprint density at radius 3 is 2.83 bits per heavy atom. The van der Waals surface area contributed by atoms with Gasteiger partial charge in [-0.2, -0.15) is 0 Å². The quantitative estimate of drug-likeness (QED) is 0.904. The summed E-state index contributed by atoms with van der Waals surface area (Å²) in [5.41, 5.74) is 5.90. The Kier molecular flexibility index (Phi) is 3.18. The van der Waals surface area contributed by atoms with Crippen molar-refractivity contribution in [3.8, 4) is 5.88 Å². The van der Waals surface area contributed by atoms with E-state index >= 15 is 0 Å². The van der Waals surface area contributed by atoms with Crippen molar-refractivity contribution in [3.05, 3.63) is 17.3 Å². The lowest BCUT2D eigenvalue weighted by Gasteiger charge is -2.26. The number of aryl methyl sites for hydroxylation is 1. The molecule has 0 aliphatic heterocycles. The van der Waals surface area contributed by atoms with E-state index in [1.165, 1.54) is 4.88 Å². The number of fused-ring (bicyclic) bond motifs is 1. The lowest BCUT2D eigenvalue weighted by Crippen LogP contribution is -2.31. The van der Waals surface area contributed by atoms with E-state index in [1.807, 2.05) is 0 Å². The Bertz CT molecular complexity index is 546. The van der Waals surface area contributed by atoms with E-state index in [0.717, 1.165) is 41.8 Å². The highest BCUT2D eigenvalue weighted by molar-refractivity contribution is 7.18. The van der Waals surface area contributed by atoms with Crippen LogP contribution in [0.1, 0.15) is 30.6 Å². The molecule has 0 amide bonds. The Morgan fingerprint density at radius 2 is 2.06 bits per heavy atom. The van der Waals surface area contributed by atoms with E-state index in [-0.39, 0.29) is 6.10 Å². The van der Waals surface area contributed by atoms with Gasteiger partial charge in [-0.15, -0.1) is 11.3 Å². The minimum Gasteiger partial charge on any atom is -0.474 e. The Balaban J connectivity index is 1.82. The van der Waals surface area contributed by atoms with Crippen molar-refractivity contribution in [1.29, 1.82) is 0 Å². The van der Waals surface area contributed by atoms with Gasteiger partial charge in [-0.1, -0.05) is 0 Å². The minimum atomic E-state index is 0.253. The zero-order valence-corrected chi connectivity index (χ0v) is 11.2. The maximum atomic E-state index is 6.03. The second-order valence-electron chi connectivity index (χ2n) is 4.91. The molecule has 18 heavy (non-hydrogen) atoms. The monoisotopic (exact) mass is 263 g/mol. The minimum absolute atomic E-state index is 0.253. The molecule has 2 aromatic heterocycles. The van der Waals surface area contributed by atoms with Crippen LogP contribution in [-0.4, -0.2) is 22.1 Å². The first-order valence-electron chi connectivity index (χ1n) is 6.36. The van der Waals surface area contributed by atoms with Gasteiger partial charge in [-0.05, 0) is 38.7 Å². The normalized spacial score (nSPS) is 24.3. The van der Waals surface area contributed by atoms with Crippen LogP contribution in [0.4, 0.5) is 0 Å². The van der Waals surface area contributed by atoms with Crippen LogP contribution in [0.5, 0.6) is 5.88 Å². The van der Waals surface area contributed by atoms with Crippen molar-refractivity contribution < 1.29 is 4.74 Å². The van der Waals surface area contributed by atoms with Gasteiger partial charge in [0, 0.05) is 10.9 Å². The van der Waals surface area contributed by atoms with Gasteiger partial charge in [0.1, 0.15) is 17.3 Å². The molecule has 2 N–H and O–H groups in total. The van der Waals surface area contributed by atoms with Crippen LogP contribution in [0.2, 0.25) is 0 Å². The molecule has 2 aromatic rings. The van der Waals surface area contributed by atoms with Crippen LogP contribution >= 0.6 is 11.3 Å². The third-order valence-corrected chi connectivity index (χ3v) is 4.37. The van der Waals surface area contributed by atoms with Gasteiger partial charge in [0.05, 0.1) is 5.39 Å². The van der Waals surface area contributed by atoms with E-state index in [0.29, 0.717) is 6.04 Å². The molecule has 0 saturated heterocycles. The number of aromatic nitrogens is 2. The van der Waals surface area contributed by atoms with Gasteiger partial charge < -0.3 is 10.5 Å². The fourth-order valence-corrected chi connectivity index (χ4v) is 3.25. The molecule has 0 radical (unpaired) electrons. The van der Waals surface area contributed by atoms with Gasteiger partial charge >= 0.3 is 0 Å². The van der Waals surface area contributed by atoms with Gasteiger partial charge in [-0.3, -0.25) is 0 Å². The number of ether oxygens (including phenoxy) is 1. The van der Waals surface area contributed by atoms with Crippen LogP contribution in [-0.2, 0) is 0 Å². The average molecular weight is 263 g/mol. The molecule has 0 aromatic carbocycles. The summed E-state index contributed by atoms with van der Waals surface area (Å²) in [4.78, 5) is 10.8. The molecule has 2 heterocycles. The zero-order valence-electron chi connectivity index (χ0n) is 10.4. The molecule has 5 heteroatoms. The molecule has 0 bridgehead atoms. The Labute approximate surface area is 110 Å². The van der Waals surface area contributed by atoms with Crippen LogP contribution in [0, 0.1) is 6.92 Å². The number of hydrogen-bond acceptors (Lipinski definition) is 5. The van der Waals surface area contributed by atoms with Gasteiger partial charge in [-0.25, -0.2) is 9.97 Å². The molecular formula is C13H17N3OS. The first-order chi connectivity index (χ1) is 8.72. The maximum absolute atomic E-state index is 6.03. The molecule has 0 spiro atoms. The van der Waals surface area contributed by atoms with Crippen molar-refractivity contribution >= 4 is 21.6 Å². The summed E-state index contributed by atoms with van der Waals surface area (Å²) in [6.45, 7) is 2.08. The molecule has 1 fully saturated rings. The standard InChI is InChI=1S/C13H17N3OS/c1-8-6-11-12(15-7-16-13(11)18-8)17-10-4-2-9(14)3-5-10/h6-7,9-10H,2-5,14H2,1H3. The highest BCUT2D eigenvalue weighted by Gasteiger charge is 2.21. The van der Waals surface area contributed by atoms with Gasteiger partial charge in [0.15, 0.2) is 0 Å². The summed E-state index contributed by atoms with van der Waals surface area (Å²) < 4.78 is 6.03. The molecular weight excluding hydrogens is 246 g/mol. The molecule has 0 unspecified atom stereocenters. The molecule has 1 saturated carbocycles. The largest absolute Gasteiger partial charge is 0.474 e. The lowest BCUT2D eigenvalue weighted by molar-refractivity contribution is 0.143.